The molecule has 1 fully saturated rings. The maximum Gasteiger partial charge on any atom is 0.328 e. The first-order chi connectivity index (χ1) is 11.4. The fourth-order valence-electron chi connectivity index (χ4n) is 1.84. The van der Waals surface area contributed by atoms with E-state index >= 15 is 0 Å². The summed E-state index contributed by atoms with van der Waals surface area (Å²) in [7, 11) is 0. The number of aliphatic carboxylic acids is 2. The van der Waals surface area contributed by atoms with E-state index in [-0.39, 0.29) is 13.1 Å². The topological polar surface area (TPSA) is 133 Å². The molecule has 1 aliphatic rings. The highest BCUT2D eigenvalue weighted by Crippen LogP contribution is 2.15. The third-order valence-corrected chi connectivity index (χ3v) is 2.98. The van der Waals surface area contributed by atoms with Crippen LogP contribution in [0.25, 0.3) is 0 Å². The minimum Gasteiger partial charge on any atom is -0.478 e. The van der Waals surface area contributed by atoms with E-state index in [0.717, 1.165) is 12.2 Å². The molecule has 2 amide bonds. The van der Waals surface area contributed by atoms with Gasteiger partial charge >= 0.3 is 11.9 Å². The molecule has 1 rings (SSSR count). The van der Waals surface area contributed by atoms with Crippen LogP contribution >= 0.6 is 0 Å². The molecule has 0 heterocycles. The van der Waals surface area contributed by atoms with Crippen molar-refractivity contribution >= 4 is 23.8 Å². The van der Waals surface area contributed by atoms with Gasteiger partial charge in [0.15, 0.2) is 0 Å². The fraction of sp³-hybridized carbons (Fsp3) is 0.500. The number of nitrogens with one attached hydrogen (secondary N) is 2. The molecule has 0 aliphatic heterocycles. The van der Waals surface area contributed by atoms with Gasteiger partial charge in [-0.2, -0.15) is 0 Å². The number of carboxylic acid groups (broad SMARTS) is 2. The maximum atomic E-state index is 10.9. The summed E-state index contributed by atoms with van der Waals surface area (Å²) in [6.45, 7) is 0.185. The Kier molecular flexibility index (Phi) is 12.4. The van der Waals surface area contributed by atoms with Gasteiger partial charge < -0.3 is 20.8 Å². The van der Waals surface area contributed by atoms with Gasteiger partial charge in [0.25, 0.3) is 0 Å². The van der Waals surface area contributed by atoms with Crippen molar-refractivity contribution in [1.82, 2.24) is 10.6 Å². The largest absolute Gasteiger partial charge is 0.478 e. The van der Waals surface area contributed by atoms with E-state index in [1.165, 1.54) is 38.5 Å². The second-order valence-electron chi connectivity index (χ2n) is 5.05. The molecule has 0 atom stereocenters. The number of carboxylic acids is 2. The molecule has 0 spiro atoms. The Morgan fingerprint density at radius 1 is 0.625 bits per heavy atom. The van der Waals surface area contributed by atoms with Crippen molar-refractivity contribution in [3.05, 3.63) is 24.3 Å². The molecule has 0 bridgehead atoms. The molecule has 1 aliphatic carbocycles. The van der Waals surface area contributed by atoms with Crippen LogP contribution in [0.1, 0.15) is 38.5 Å². The summed E-state index contributed by atoms with van der Waals surface area (Å²) in [5, 5.41) is 21.1. The molecule has 0 radical (unpaired) electrons. The number of hydrogen-bond donors (Lipinski definition) is 4. The van der Waals surface area contributed by atoms with Gasteiger partial charge in [0, 0.05) is 37.4 Å². The predicted molar refractivity (Wildman–Crippen MR) is 87.3 cm³/mol. The Bertz CT molecular complexity index is 431. The van der Waals surface area contributed by atoms with Crippen LogP contribution in [0.4, 0.5) is 0 Å². The molecule has 0 unspecified atom stereocenters. The molecule has 0 aromatic carbocycles. The van der Waals surface area contributed by atoms with Gasteiger partial charge in [-0.25, -0.2) is 9.59 Å². The molecule has 8 heteroatoms. The normalized spacial score (nSPS) is 13.8. The predicted octanol–water partition coefficient (Wildman–Crippen LogP) is 0.841. The zero-order valence-electron chi connectivity index (χ0n) is 13.5. The molecule has 8 nitrogen and oxygen atoms in total. The maximum absolute atomic E-state index is 10.9. The van der Waals surface area contributed by atoms with E-state index in [2.05, 4.69) is 10.6 Å². The van der Waals surface area contributed by atoms with Gasteiger partial charge in [0.05, 0.1) is 0 Å². The highest BCUT2D eigenvalue weighted by Gasteiger charge is 1.98. The van der Waals surface area contributed by atoms with Gasteiger partial charge in [-0.15, -0.1) is 0 Å². The molecule has 4 N–H and O–H groups in total. The van der Waals surface area contributed by atoms with Crippen molar-refractivity contribution in [2.75, 3.05) is 13.1 Å². The van der Waals surface area contributed by atoms with Gasteiger partial charge in [0.1, 0.15) is 0 Å². The smallest absolute Gasteiger partial charge is 0.328 e. The third-order valence-electron chi connectivity index (χ3n) is 2.98. The highest BCUT2D eigenvalue weighted by atomic mass is 16.4. The Labute approximate surface area is 140 Å². The molecular formula is C16H24N2O6. The molecular weight excluding hydrogens is 316 g/mol. The van der Waals surface area contributed by atoms with E-state index in [0.29, 0.717) is 12.2 Å². The summed E-state index contributed by atoms with van der Waals surface area (Å²) in [6.07, 6.45) is 12.1. The number of amides is 2. The Hall–Kier alpha value is -2.64. The quantitative estimate of drug-likeness (QED) is 0.401. The first-order valence-electron chi connectivity index (χ1n) is 7.79. The Balaban J connectivity index is 0.000000728. The van der Waals surface area contributed by atoms with Crippen LogP contribution in [-0.4, -0.2) is 47.1 Å². The van der Waals surface area contributed by atoms with Crippen LogP contribution in [0.15, 0.2) is 24.3 Å². The van der Waals surface area contributed by atoms with Crippen LogP contribution in [0.5, 0.6) is 0 Å². The lowest BCUT2D eigenvalue weighted by Crippen LogP contribution is -2.33. The van der Waals surface area contributed by atoms with E-state index in [9.17, 15) is 19.2 Å². The summed E-state index contributed by atoms with van der Waals surface area (Å²) in [5.74, 6) is -3.69. The van der Waals surface area contributed by atoms with Gasteiger partial charge in [-0.05, 0) is 0 Å². The molecule has 0 aromatic rings. The molecule has 1 saturated carbocycles. The Morgan fingerprint density at radius 3 is 1.17 bits per heavy atom. The van der Waals surface area contributed by atoms with Gasteiger partial charge in [0.2, 0.25) is 11.8 Å². The standard InChI is InChI=1S/C10H12N2O6.C6H12/c13-7(1-3-9(15)16)11-5-6-12-8(14)2-4-10(17)18;1-2-4-6-5-3-1/h1-4H,5-6H2,(H,11,13)(H,12,14)(H,15,16)(H,17,18);1-6H2/b3-1-,4-2-;. The zero-order chi connectivity index (χ0) is 18.2. The minimum atomic E-state index is -1.24. The lowest BCUT2D eigenvalue weighted by atomic mass is 10.0. The number of hydrogen-bond acceptors (Lipinski definition) is 4. The van der Waals surface area contributed by atoms with Gasteiger partial charge in [-0.1, -0.05) is 38.5 Å². The lowest BCUT2D eigenvalue weighted by molar-refractivity contribution is -0.132. The summed E-state index contributed by atoms with van der Waals surface area (Å²) in [5.41, 5.74) is 0. The van der Waals surface area contributed by atoms with E-state index in [4.69, 9.17) is 10.2 Å². The summed E-state index contributed by atoms with van der Waals surface area (Å²) < 4.78 is 0. The van der Waals surface area contributed by atoms with E-state index in [1.54, 1.807) is 0 Å². The lowest BCUT2D eigenvalue weighted by Gasteiger charge is -2.05. The second kappa shape index (κ2) is 14.0. The molecule has 24 heavy (non-hydrogen) atoms. The van der Waals surface area contributed by atoms with Crippen LogP contribution < -0.4 is 10.6 Å². The summed E-state index contributed by atoms with van der Waals surface area (Å²) >= 11 is 0. The van der Waals surface area contributed by atoms with E-state index in [1.807, 2.05) is 0 Å². The molecule has 0 saturated heterocycles. The number of carbonyl (C=O) groups is 4. The SMILES string of the molecule is C1CCCCC1.O=C(O)/C=C\C(=O)NCCNC(=O)/C=C\C(=O)O. The zero-order valence-corrected chi connectivity index (χ0v) is 13.5. The Morgan fingerprint density at radius 2 is 0.917 bits per heavy atom. The fourth-order valence-corrected chi connectivity index (χ4v) is 1.84. The number of carbonyl (C=O) groups excluding carboxylic acids is 2. The van der Waals surface area contributed by atoms with Crippen LogP contribution in [0.3, 0.4) is 0 Å². The summed E-state index contributed by atoms with van der Waals surface area (Å²) in [4.78, 5) is 42.0. The van der Waals surface area contributed by atoms with Crippen molar-refractivity contribution in [2.24, 2.45) is 0 Å². The monoisotopic (exact) mass is 340 g/mol. The highest BCUT2D eigenvalue weighted by molar-refractivity contribution is 5.94. The third kappa shape index (κ3) is 15.7. The van der Waals surface area contributed by atoms with Crippen molar-refractivity contribution in [3.8, 4) is 0 Å². The minimum absolute atomic E-state index is 0.0927. The number of rotatable bonds is 7. The van der Waals surface area contributed by atoms with E-state index < -0.39 is 23.8 Å². The first-order valence-corrected chi connectivity index (χ1v) is 7.79. The van der Waals surface area contributed by atoms with Crippen LogP contribution in [-0.2, 0) is 19.2 Å². The average Bonchev–Trinajstić information content (AvgIpc) is 2.57. The second-order valence-corrected chi connectivity index (χ2v) is 5.05. The van der Waals surface area contributed by atoms with Crippen LogP contribution in [0.2, 0.25) is 0 Å². The molecule has 0 aromatic heterocycles. The van der Waals surface area contributed by atoms with Crippen molar-refractivity contribution in [3.63, 3.8) is 0 Å². The first kappa shape index (κ1) is 21.4. The van der Waals surface area contributed by atoms with Crippen molar-refractivity contribution < 1.29 is 29.4 Å². The average molecular weight is 340 g/mol. The summed E-state index contributed by atoms with van der Waals surface area (Å²) in [6, 6.07) is 0. The van der Waals surface area contributed by atoms with Crippen molar-refractivity contribution in [1.29, 1.82) is 0 Å². The van der Waals surface area contributed by atoms with Crippen molar-refractivity contribution in [2.45, 2.75) is 38.5 Å². The molecule has 134 valence electrons. The van der Waals surface area contributed by atoms with Gasteiger partial charge in [-0.3, -0.25) is 9.59 Å². The van der Waals surface area contributed by atoms with Crippen LogP contribution in [0, 0.1) is 0 Å².